The van der Waals surface area contributed by atoms with Gasteiger partial charge >= 0.3 is 6.09 Å². The van der Waals surface area contributed by atoms with Crippen LogP contribution >= 0.6 is 23.1 Å². The molecule has 8 heteroatoms. The molecule has 5 rings (SSSR count). The fourth-order valence-electron chi connectivity index (χ4n) is 4.13. The van der Waals surface area contributed by atoms with Gasteiger partial charge in [-0.25, -0.2) is 9.78 Å². The standard InChI is InChI=1S/C22H23N3O3S2/c26-20-18-16-7-4-8-17(16)30-19(18)23-21(29-14-12-24-11-13-28-22(24)27)25(20)10-9-15-5-2-1-3-6-15/h1-3,5-6H,4,7-14H2. The van der Waals surface area contributed by atoms with Crippen LogP contribution in [0.25, 0.3) is 10.2 Å². The van der Waals surface area contributed by atoms with Crippen LogP contribution in [0.1, 0.15) is 22.4 Å². The highest BCUT2D eigenvalue weighted by Crippen LogP contribution is 2.35. The van der Waals surface area contributed by atoms with Gasteiger partial charge in [0, 0.05) is 23.7 Å². The lowest BCUT2D eigenvalue weighted by Crippen LogP contribution is -2.28. The molecule has 0 saturated carbocycles. The summed E-state index contributed by atoms with van der Waals surface area (Å²) in [5, 5.41) is 1.57. The molecule has 0 N–H and O–H groups in total. The summed E-state index contributed by atoms with van der Waals surface area (Å²) in [4.78, 5) is 34.0. The molecule has 0 radical (unpaired) electrons. The number of carbonyl (C=O) groups excluding carboxylic acids is 1. The molecule has 156 valence electrons. The smallest absolute Gasteiger partial charge is 0.409 e. The summed E-state index contributed by atoms with van der Waals surface area (Å²) in [6, 6.07) is 10.2. The number of carbonyl (C=O) groups is 1. The predicted octanol–water partition coefficient (Wildman–Crippen LogP) is 3.73. The summed E-state index contributed by atoms with van der Waals surface area (Å²) in [5.41, 5.74) is 2.51. The maximum absolute atomic E-state index is 13.5. The van der Waals surface area contributed by atoms with E-state index in [9.17, 15) is 9.59 Å². The molecule has 2 aliphatic rings. The van der Waals surface area contributed by atoms with Crippen molar-refractivity contribution in [3.05, 3.63) is 56.7 Å². The van der Waals surface area contributed by atoms with E-state index in [1.807, 2.05) is 22.8 Å². The van der Waals surface area contributed by atoms with Gasteiger partial charge in [0.25, 0.3) is 5.56 Å². The Bertz CT molecular complexity index is 1140. The number of nitrogens with zero attached hydrogens (tertiary/aromatic N) is 3. The molecule has 6 nitrogen and oxygen atoms in total. The Kier molecular flexibility index (Phi) is 5.52. The van der Waals surface area contributed by atoms with Gasteiger partial charge in [-0.3, -0.25) is 9.36 Å². The second-order valence-corrected chi connectivity index (χ2v) is 9.72. The van der Waals surface area contributed by atoms with Crippen LogP contribution in [0.2, 0.25) is 0 Å². The Balaban J connectivity index is 1.44. The number of thiophene rings is 1. The zero-order valence-electron chi connectivity index (χ0n) is 16.6. The first-order valence-corrected chi connectivity index (χ1v) is 12.1. The molecule has 1 aliphatic heterocycles. The van der Waals surface area contributed by atoms with Crippen LogP contribution in [-0.2, 0) is 30.5 Å². The van der Waals surface area contributed by atoms with E-state index in [2.05, 4.69) is 12.1 Å². The number of hydrogen-bond acceptors (Lipinski definition) is 6. The average Bonchev–Trinajstić information content (AvgIpc) is 3.45. The quantitative estimate of drug-likeness (QED) is 0.413. The maximum atomic E-state index is 13.5. The minimum Gasteiger partial charge on any atom is -0.448 e. The molecule has 1 saturated heterocycles. The highest BCUT2D eigenvalue weighted by atomic mass is 32.2. The van der Waals surface area contributed by atoms with Gasteiger partial charge in [0.2, 0.25) is 0 Å². The van der Waals surface area contributed by atoms with Gasteiger partial charge in [0.05, 0.1) is 11.9 Å². The van der Waals surface area contributed by atoms with Crippen LogP contribution in [0.5, 0.6) is 0 Å². The molecular formula is C22H23N3O3S2. The number of ether oxygens (including phenoxy) is 1. The van der Waals surface area contributed by atoms with E-state index in [0.29, 0.717) is 32.0 Å². The molecule has 0 unspecified atom stereocenters. The molecule has 30 heavy (non-hydrogen) atoms. The molecule has 3 aromatic rings. The summed E-state index contributed by atoms with van der Waals surface area (Å²) in [5.74, 6) is 0.684. The fraction of sp³-hybridized carbons (Fsp3) is 0.409. The number of aromatic nitrogens is 2. The van der Waals surface area contributed by atoms with Crippen molar-refractivity contribution in [1.29, 1.82) is 0 Å². The van der Waals surface area contributed by atoms with Crippen molar-refractivity contribution in [3.8, 4) is 0 Å². The van der Waals surface area contributed by atoms with Gasteiger partial charge in [-0.05, 0) is 36.8 Å². The lowest BCUT2D eigenvalue weighted by Gasteiger charge is -2.15. The summed E-state index contributed by atoms with van der Waals surface area (Å²) in [7, 11) is 0. The van der Waals surface area contributed by atoms with Crippen LogP contribution in [0.15, 0.2) is 40.3 Å². The van der Waals surface area contributed by atoms with Crippen molar-refractivity contribution in [3.63, 3.8) is 0 Å². The highest BCUT2D eigenvalue weighted by molar-refractivity contribution is 7.99. The second-order valence-electron chi connectivity index (χ2n) is 7.57. The van der Waals surface area contributed by atoms with Gasteiger partial charge < -0.3 is 9.64 Å². The lowest BCUT2D eigenvalue weighted by molar-refractivity contribution is 0.160. The molecule has 0 spiro atoms. The molecular weight excluding hydrogens is 418 g/mol. The first-order valence-electron chi connectivity index (χ1n) is 10.3. The number of thioether (sulfide) groups is 1. The monoisotopic (exact) mass is 441 g/mol. The number of aryl methyl sites for hydroxylation is 3. The maximum Gasteiger partial charge on any atom is 0.409 e. The summed E-state index contributed by atoms with van der Waals surface area (Å²) in [6.45, 7) is 2.28. The number of cyclic esters (lactones) is 1. The van der Waals surface area contributed by atoms with Crippen molar-refractivity contribution in [2.24, 2.45) is 0 Å². The first-order chi connectivity index (χ1) is 14.7. The second kappa shape index (κ2) is 8.43. The van der Waals surface area contributed by atoms with E-state index in [4.69, 9.17) is 9.72 Å². The van der Waals surface area contributed by atoms with Gasteiger partial charge in [-0.1, -0.05) is 42.1 Å². The van der Waals surface area contributed by atoms with E-state index in [1.165, 1.54) is 16.0 Å². The predicted molar refractivity (Wildman–Crippen MR) is 120 cm³/mol. The molecule has 1 fully saturated rings. The zero-order chi connectivity index (χ0) is 20.5. The Morgan fingerprint density at radius 1 is 1.13 bits per heavy atom. The first kappa shape index (κ1) is 19.6. The van der Waals surface area contributed by atoms with Gasteiger partial charge in [0.1, 0.15) is 11.4 Å². The number of amides is 1. The Labute approximate surface area is 182 Å². The van der Waals surface area contributed by atoms with Crippen LogP contribution in [0.3, 0.4) is 0 Å². The highest BCUT2D eigenvalue weighted by Gasteiger charge is 2.24. The minimum absolute atomic E-state index is 0.0819. The largest absolute Gasteiger partial charge is 0.448 e. The van der Waals surface area contributed by atoms with Crippen molar-refractivity contribution in [2.75, 3.05) is 25.4 Å². The average molecular weight is 442 g/mol. The van der Waals surface area contributed by atoms with Crippen LogP contribution < -0.4 is 5.56 Å². The molecule has 1 aromatic carbocycles. The minimum atomic E-state index is -0.254. The number of benzene rings is 1. The van der Waals surface area contributed by atoms with E-state index < -0.39 is 0 Å². The van der Waals surface area contributed by atoms with E-state index in [-0.39, 0.29) is 11.7 Å². The van der Waals surface area contributed by atoms with Gasteiger partial charge in [-0.15, -0.1) is 11.3 Å². The Morgan fingerprint density at radius 2 is 2.00 bits per heavy atom. The molecule has 1 aliphatic carbocycles. The lowest BCUT2D eigenvalue weighted by atomic mass is 10.1. The van der Waals surface area contributed by atoms with Crippen LogP contribution in [0.4, 0.5) is 4.79 Å². The van der Waals surface area contributed by atoms with Crippen molar-refractivity contribution >= 4 is 39.4 Å². The van der Waals surface area contributed by atoms with Gasteiger partial charge in [0.15, 0.2) is 5.16 Å². The summed E-state index contributed by atoms with van der Waals surface area (Å²) >= 11 is 3.22. The summed E-state index contributed by atoms with van der Waals surface area (Å²) < 4.78 is 6.84. The van der Waals surface area contributed by atoms with Gasteiger partial charge in [-0.2, -0.15) is 0 Å². The van der Waals surface area contributed by atoms with E-state index >= 15 is 0 Å². The molecule has 3 heterocycles. The van der Waals surface area contributed by atoms with Crippen LogP contribution in [-0.4, -0.2) is 46.0 Å². The third-order valence-electron chi connectivity index (χ3n) is 5.69. The fourth-order valence-corrected chi connectivity index (χ4v) is 6.42. The van der Waals surface area contributed by atoms with E-state index in [0.717, 1.165) is 41.1 Å². The molecule has 1 amide bonds. The van der Waals surface area contributed by atoms with Crippen molar-refractivity contribution in [2.45, 2.75) is 37.4 Å². The third kappa shape index (κ3) is 3.74. The topological polar surface area (TPSA) is 64.4 Å². The number of rotatable bonds is 7. The Hall–Kier alpha value is -2.32. The summed E-state index contributed by atoms with van der Waals surface area (Å²) in [6.07, 6.45) is 3.69. The number of fused-ring (bicyclic) bond motifs is 3. The van der Waals surface area contributed by atoms with E-state index in [1.54, 1.807) is 28.0 Å². The van der Waals surface area contributed by atoms with Crippen molar-refractivity contribution < 1.29 is 9.53 Å². The third-order valence-corrected chi connectivity index (χ3v) is 7.84. The molecule has 0 bridgehead atoms. The SMILES string of the molecule is O=C1OCCN1CCSc1nc2sc3c(c2c(=O)n1CCc1ccccc1)CCC3. The molecule has 2 aromatic heterocycles. The number of hydrogen-bond donors (Lipinski definition) is 0. The zero-order valence-corrected chi connectivity index (χ0v) is 18.3. The normalized spacial score (nSPS) is 15.7. The Morgan fingerprint density at radius 3 is 2.80 bits per heavy atom. The van der Waals surface area contributed by atoms with Crippen molar-refractivity contribution in [1.82, 2.24) is 14.5 Å². The molecule has 0 atom stereocenters. The van der Waals surface area contributed by atoms with Crippen LogP contribution in [0, 0.1) is 0 Å².